The molecular weight excluding hydrogens is 216 g/mol. The Bertz CT molecular complexity index is 603. The van der Waals surface area contributed by atoms with E-state index >= 15 is 0 Å². The highest BCUT2D eigenvalue weighted by molar-refractivity contribution is 5.68. The van der Waals surface area contributed by atoms with E-state index in [2.05, 4.69) is 0 Å². The van der Waals surface area contributed by atoms with Crippen molar-refractivity contribution in [2.75, 3.05) is 5.73 Å². The normalized spacial score (nSPS) is 10.4. The van der Waals surface area contributed by atoms with Gasteiger partial charge in [0.15, 0.2) is 0 Å². The second kappa shape index (κ2) is 4.33. The number of anilines is 1. The van der Waals surface area contributed by atoms with E-state index in [0.29, 0.717) is 17.8 Å². The van der Waals surface area contributed by atoms with Gasteiger partial charge in [-0.2, -0.15) is 0 Å². The standard InChI is InChI=1S/C13H14N2O2/c1-2-15-11(8-7-10(14)13(15)17)9-5-3-4-6-12(9)16/h3-8,16H,2,14H2,1H3. The quantitative estimate of drug-likeness (QED) is 0.826. The summed E-state index contributed by atoms with van der Waals surface area (Å²) < 4.78 is 1.55. The molecule has 88 valence electrons. The van der Waals surface area contributed by atoms with Crippen LogP contribution in [0.1, 0.15) is 6.92 Å². The van der Waals surface area contributed by atoms with Crippen molar-refractivity contribution in [3.63, 3.8) is 0 Å². The summed E-state index contributed by atoms with van der Waals surface area (Å²) in [5.74, 6) is 0.152. The summed E-state index contributed by atoms with van der Waals surface area (Å²) in [5.41, 5.74) is 6.87. The maximum Gasteiger partial charge on any atom is 0.274 e. The monoisotopic (exact) mass is 230 g/mol. The molecule has 1 aromatic carbocycles. The van der Waals surface area contributed by atoms with Gasteiger partial charge in [0.05, 0.1) is 11.4 Å². The van der Waals surface area contributed by atoms with Crippen molar-refractivity contribution in [3.8, 4) is 17.0 Å². The summed E-state index contributed by atoms with van der Waals surface area (Å²) >= 11 is 0. The van der Waals surface area contributed by atoms with Gasteiger partial charge in [-0.1, -0.05) is 12.1 Å². The maximum atomic E-state index is 11.9. The van der Waals surface area contributed by atoms with Crippen molar-refractivity contribution in [1.29, 1.82) is 0 Å². The molecular formula is C13H14N2O2. The van der Waals surface area contributed by atoms with E-state index in [1.54, 1.807) is 34.9 Å². The second-order valence-corrected chi connectivity index (χ2v) is 3.74. The lowest BCUT2D eigenvalue weighted by Gasteiger charge is -2.12. The Balaban J connectivity index is 2.73. The average molecular weight is 230 g/mol. The zero-order valence-corrected chi connectivity index (χ0v) is 9.55. The number of nitrogens with zero attached hydrogens (tertiary/aromatic N) is 1. The number of aromatic nitrogens is 1. The fourth-order valence-electron chi connectivity index (χ4n) is 1.83. The predicted molar refractivity (Wildman–Crippen MR) is 67.9 cm³/mol. The Kier molecular flexibility index (Phi) is 2.87. The lowest BCUT2D eigenvalue weighted by Crippen LogP contribution is -2.23. The summed E-state index contributed by atoms with van der Waals surface area (Å²) in [6, 6.07) is 10.2. The number of para-hydroxylation sites is 1. The summed E-state index contributed by atoms with van der Waals surface area (Å²) in [6.45, 7) is 2.37. The van der Waals surface area contributed by atoms with Crippen molar-refractivity contribution >= 4 is 5.69 Å². The first kappa shape index (κ1) is 11.3. The molecule has 0 bridgehead atoms. The van der Waals surface area contributed by atoms with Gasteiger partial charge in [-0.3, -0.25) is 4.79 Å². The van der Waals surface area contributed by atoms with Crippen LogP contribution < -0.4 is 11.3 Å². The van der Waals surface area contributed by atoms with Gasteiger partial charge in [0.2, 0.25) is 0 Å². The highest BCUT2D eigenvalue weighted by Crippen LogP contribution is 2.27. The van der Waals surface area contributed by atoms with E-state index in [1.807, 2.05) is 13.0 Å². The van der Waals surface area contributed by atoms with Crippen LogP contribution in [-0.4, -0.2) is 9.67 Å². The largest absolute Gasteiger partial charge is 0.507 e. The Morgan fingerprint density at radius 1 is 1.24 bits per heavy atom. The van der Waals surface area contributed by atoms with Crippen LogP contribution in [0.4, 0.5) is 5.69 Å². The molecule has 0 unspecified atom stereocenters. The molecule has 4 heteroatoms. The SMILES string of the molecule is CCn1c(-c2ccccc2O)ccc(N)c1=O. The fourth-order valence-corrected chi connectivity index (χ4v) is 1.83. The zero-order valence-electron chi connectivity index (χ0n) is 9.55. The molecule has 2 aromatic rings. The van der Waals surface area contributed by atoms with Crippen LogP contribution in [0.5, 0.6) is 5.75 Å². The maximum absolute atomic E-state index is 11.9. The molecule has 3 N–H and O–H groups in total. The minimum absolute atomic E-state index is 0.152. The molecule has 0 saturated carbocycles. The lowest BCUT2D eigenvalue weighted by molar-refractivity contribution is 0.476. The molecule has 1 heterocycles. The number of phenols is 1. The van der Waals surface area contributed by atoms with Gasteiger partial charge >= 0.3 is 0 Å². The first-order chi connectivity index (χ1) is 8.15. The molecule has 0 aliphatic rings. The number of nitrogen functional groups attached to an aromatic ring is 1. The summed E-state index contributed by atoms with van der Waals surface area (Å²) in [4.78, 5) is 11.9. The minimum Gasteiger partial charge on any atom is -0.507 e. The Labute approximate surface area is 98.9 Å². The van der Waals surface area contributed by atoms with Gasteiger partial charge in [-0.25, -0.2) is 0 Å². The number of hydrogen-bond acceptors (Lipinski definition) is 3. The first-order valence-corrected chi connectivity index (χ1v) is 5.42. The van der Waals surface area contributed by atoms with Crippen LogP contribution >= 0.6 is 0 Å². The van der Waals surface area contributed by atoms with E-state index < -0.39 is 0 Å². The van der Waals surface area contributed by atoms with Crippen molar-refractivity contribution in [2.45, 2.75) is 13.5 Å². The topological polar surface area (TPSA) is 68.2 Å². The zero-order chi connectivity index (χ0) is 12.4. The summed E-state index contributed by atoms with van der Waals surface area (Å²) in [7, 11) is 0. The van der Waals surface area contributed by atoms with Crippen molar-refractivity contribution in [1.82, 2.24) is 4.57 Å². The number of aromatic hydroxyl groups is 1. The van der Waals surface area contributed by atoms with Gasteiger partial charge in [0.25, 0.3) is 5.56 Å². The van der Waals surface area contributed by atoms with Gasteiger partial charge < -0.3 is 15.4 Å². The van der Waals surface area contributed by atoms with Gasteiger partial charge in [-0.15, -0.1) is 0 Å². The van der Waals surface area contributed by atoms with E-state index in [9.17, 15) is 9.90 Å². The van der Waals surface area contributed by atoms with E-state index in [0.717, 1.165) is 0 Å². The van der Waals surface area contributed by atoms with Crippen LogP contribution in [0.15, 0.2) is 41.2 Å². The Morgan fingerprint density at radius 3 is 2.59 bits per heavy atom. The number of nitrogens with two attached hydrogens (primary N) is 1. The first-order valence-electron chi connectivity index (χ1n) is 5.42. The van der Waals surface area contributed by atoms with E-state index in [4.69, 9.17) is 5.73 Å². The molecule has 1 aromatic heterocycles. The molecule has 4 nitrogen and oxygen atoms in total. The van der Waals surface area contributed by atoms with Crippen molar-refractivity contribution in [3.05, 3.63) is 46.8 Å². The van der Waals surface area contributed by atoms with Gasteiger partial charge in [-0.05, 0) is 31.2 Å². The highest BCUT2D eigenvalue weighted by atomic mass is 16.3. The molecule has 0 atom stereocenters. The van der Waals surface area contributed by atoms with Crippen LogP contribution in [0.2, 0.25) is 0 Å². The lowest BCUT2D eigenvalue weighted by atomic mass is 10.1. The Morgan fingerprint density at radius 2 is 1.94 bits per heavy atom. The average Bonchev–Trinajstić information content (AvgIpc) is 2.33. The van der Waals surface area contributed by atoms with Crippen LogP contribution in [-0.2, 0) is 6.54 Å². The molecule has 0 fully saturated rings. The third-order valence-corrected chi connectivity index (χ3v) is 2.70. The third-order valence-electron chi connectivity index (χ3n) is 2.70. The van der Waals surface area contributed by atoms with Crippen molar-refractivity contribution in [2.24, 2.45) is 0 Å². The molecule has 0 aliphatic carbocycles. The van der Waals surface area contributed by atoms with Crippen LogP contribution in [0, 0.1) is 0 Å². The molecule has 0 radical (unpaired) electrons. The predicted octanol–water partition coefficient (Wildman–Crippen LogP) is 1.82. The summed E-state index contributed by atoms with van der Waals surface area (Å²) in [6.07, 6.45) is 0. The molecule has 0 saturated heterocycles. The van der Waals surface area contributed by atoms with Gasteiger partial charge in [0.1, 0.15) is 5.75 Å². The number of pyridine rings is 1. The fraction of sp³-hybridized carbons (Fsp3) is 0.154. The smallest absolute Gasteiger partial charge is 0.274 e. The molecule has 0 spiro atoms. The molecule has 17 heavy (non-hydrogen) atoms. The number of rotatable bonds is 2. The van der Waals surface area contributed by atoms with Crippen LogP contribution in [0.25, 0.3) is 11.3 Å². The van der Waals surface area contributed by atoms with Crippen LogP contribution in [0.3, 0.4) is 0 Å². The van der Waals surface area contributed by atoms with E-state index in [-0.39, 0.29) is 17.0 Å². The van der Waals surface area contributed by atoms with Gasteiger partial charge in [0, 0.05) is 12.1 Å². The molecule has 0 amide bonds. The molecule has 2 rings (SSSR count). The second-order valence-electron chi connectivity index (χ2n) is 3.74. The summed E-state index contributed by atoms with van der Waals surface area (Å²) in [5, 5.41) is 9.80. The van der Waals surface area contributed by atoms with E-state index in [1.165, 1.54) is 0 Å². The Hall–Kier alpha value is -2.23. The number of phenolic OH excluding ortho intramolecular Hbond substituents is 1. The number of benzene rings is 1. The highest BCUT2D eigenvalue weighted by Gasteiger charge is 2.10. The number of hydrogen-bond donors (Lipinski definition) is 2. The minimum atomic E-state index is -0.228. The van der Waals surface area contributed by atoms with Crippen molar-refractivity contribution < 1.29 is 5.11 Å². The molecule has 0 aliphatic heterocycles. The third kappa shape index (κ3) is 1.89.